The first-order valence-electron chi connectivity index (χ1n) is 9.63. The largest absolute Gasteiger partial charge is 0.491 e. The number of hydrogen-bond acceptors (Lipinski definition) is 4. The monoisotopic (exact) mass is 377 g/mol. The minimum Gasteiger partial charge on any atom is -0.491 e. The molecule has 1 N–H and O–H groups in total. The number of anilines is 1. The predicted molar refractivity (Wildman–Crippen MR) is 113 cm³/mol. The first kappa shape index (κ1) is 19.8. The fraction of sp³-hybridized carbons (Fsp3) is 0.250. The van der Waals surface area contributed by atoms with Gasteiger partial charge in [0.1, 0.15) is 24.7 Å². The summed E-state index contributed by atoms with van der Waals surface area (Å²) in [5.41, 5.74) is 3.38. The summed E-state index contributed by atoms with van der Waals surface area (Å²) in [6.45, 7) is 5.17. The zero-order valence-electron chi connectivity index (χ0n) is 16.3. The standard InChI is InChI=1S/C24H27NO3/c1-2-26-15-16-27-24-10-6-9-21(17-24)18-25-22-11-13-23(14-12-22)28-19-20-7-4-3-5-8-20/h3-14,17,25H,2,15-16,18-19H2,1H3. The van der Waals surface area contributed by atoms with Crippen LogP contribution in [0.25, 0.3) is 0 Å². The molecular weight excluding hydrogens is 350 g/mol. The van der Waals surface area contributed by atoms with E-state index in [1.807, 2.05) is 61.5 Å². The summed E-state index contributed by atoms with van der Waals surface area (Å²) in [5.74, 6) is 1.72. The second kappa shape index (κ2) is 11.0. The van der Waals surface area contributed by atoms with Crippen molar-refractivity contribution in [3.05, 3.63) is 90.0 Å². The third kappa shape index (κ3) is 6.63. The molecule has 0 fully saturated rings. The molecule has 3 rings (SSSR count). The van der Waals surface area contributed by atoms with E-state index >= 15 is 0 Å². The van der Waals surface area contributed by atoms with Gasteiger partial charge < -0.3 is 19.5 Å². The van der Waals surface area contributed by atoms with Crippen LogP contribution in [0.4, 0.5) is 5.69 Å². The summed E-state index contributed by atoms with van der Waals surface area (Å²) < 4.78 is 16.8. The van der Waals surface area contributed by atoms with Crippen LogP contribution in [0.1, 0.15) is 18.1 Å². The molecule has 0 aliphatic rings. The summed E-state index contributed by atoms with van der Waals surface area (Å²) in [5, 5.41) is 3.43. The number of nitrogens with one attached hydrogen (secondary N) is 1. The highest BCUT2D eigenvalue weighted by Gasteiger charge is 2.00. The summed E-state index contributed by atoms with van der Waals surface area (Å²) in [7, 11) is 0. The minimum absolute atomic E-state index is 0.565. The Balaban J connectivity index is 1.45. The van der Waals surface area contributed by atoms with Gasteiger partial charge in [-0.15, -0.1) is 0 Å². The molecule has 0 spiro atoms. The van der Waals surface area contributed by atoms with E-state index in [4.69, 9.17) is 14.2 Å². The van der Waals surface area contributed by atoms with E-state index in [1.165, 1.54) is 5.56 Å². The fourth-order valence-electron chi connectivity index (χ4n) is 2.72. The van der Waals surface area contributed by atoms with Crippen molar-refractivity contribution in [1.29, 1.82) is 0 Å². The van der Waals surface area contributed by atoms with Crippen LogP contribution in [0, 0.1) is 0 Å². The maximum atomic E-state index is 5.83. The van der Waals surface area contributed by atoms with E-state index in [0.717, 1.165) is 29.3 Å². The molecule has 3 aromatic carbocycles. The summed E-state index contributed by atoms with van der Waals surface area (Å²) in [6, 6.07) is 26.3. The Kier molecular flexibility index (Phi) is 7.77. The quantitative estimate of drug-likeness (QED) is 0.461. The molecule has 146 valence electrons. The van der Waals surface area contributed by atoms with E-state index < -0.39 is 0 Å². The second-order valence-corrected chi connectivity index (χ2v) is 6.34. The van der Waals surface area contributed by atoms with Crippen LogP contribution in [0.2, 0.25) is 0 Å². The van der Waals surface area contributed by atoms with Crippen LogP contribution in [-0.2, 0) is 17.9 Å². The zero-order chi connectivity index (χ0) is 19.4. The molecule has 4 heteroatoms. The van der Waals surface area contributed by atoms with Gasteiger partial charge >= 0.3 is 0 Å². The predicted octanol–water partition coefficient (Wildman–Crippen LogP) is 5.29. The average molecular weight is 377 g/mol. The lowest BCUT2D eigenvalue weighted by atomic mass is 10.2. The van der Waals surface area contributed by atoms with Gasteiger partial charge in [0, 0.05) is 18.8 Å². The molecule has 0 saturated carbocycles. The highest BCUT2D eigenvalue weighted by atomic mass is 16.5. The highest BCUT2D eigenvalue weighted by Crippen LogP contribution is 2.19. The van der Waals surface area contributed by atoms with Gasteiger partial charge in [-0.3, -0.25) is 0 Å². The van der Waals surface area contributed by atoms with E-state index in [2.05, 4.69) is 29.6 Å². The van der Waals surface area contributed by atoms with Crippen LogP contribution in [0.15, 0.2) is 78.9 Å². The van der Waals surface area contributed by atoms with E-state index in [1.54, 1.807) is 0 Å². The van der Waals surface area contributed by atoms with Gasteiger partial charge in [0.05, 0.1) is 6.61 Å². The lowest BCUT2D eigenvalue weighted by Crippen LogP contribution is -2.06. The van der Waals surface area contributed by atoms with Crippen molar-refractivity contribution < 1.29 is 14.2 Å². The molecular formula is C24H27NO3. The van der Waals surface area contributed by atoms with Gasteiger partial charge in [0.2, 0.25) is 0 Å². The van der Waals surface area contributed by atoms with E-state index in [9.17, 15) is 0 Å². The molecule has 0 atom stereocenters. The summed E-state index contributed by atoms with van der Waals surface area (Å²) in [6.07, 6.45) is 0. The molecule has 0 aromatic heterocycles. The first-order chi connectivity index (χ1) is 13.8. The van der Waals surface area contributed by atoms with Gasteiger partial charge in [-0.2, -0.15) is 0 Å². The Hall–Kier alpha value is -2.98. The fourth-order valence-corrected chi connectivity index (χ4v) is 2.72. The number of benzene rings is 3. The Labute approximate surface area is 167 Å². The second-order valence-electron chi connectivity index (χ2n) is 6.34. The molecule has 0 amide bonds. The highest BCUT2D eigenvalue weighted by molar-refractivity contribution is 5.47. The van der Waals surface area contributed by atoms with Gasteiger partial charge in [0.25, 0.3) is 0 Å². The number of ether oxygens (including phenoxy) is 3. The minimum atomic E-state index is 0.565. The van der Waals surface area contributed by atoms with E-state index in [0.29, 0.717) is 26.4 Å². The maximum Gasteiger partial charge on any atom is 0.119 e. The Morgan fingerprint density at radius 3 is 2.29 bits per heavy atom. The third-order valence-corrected chi connectivity index (χ3v) is 4.20. The van der Waals surface area contributed by atoms with Gasteiger partial charge in [-0.25, -0.2) is 0 Å². The molecule has 0 heterocycles. The van der Waals surface area contributed by atoms with Crippen LogP contribution in [0.5, 0.6) is 11.5 Å². The van der Waals surface area contributed by atoms with Gasteiger partial charge in [-0.1, -0.05) is 42.5 Å². The van der Waals surface area contributed by atoms with Crippen molar-refractivity contribution in [2.45, 2.75) is 20.1 Å². The lowest BCUT2D eigenvalue weighted by molar-refractivity contribution is 0.110. The van der Waals surface area contributed by atoms with Crippen molar-refractivity contribution >= 4 is 5.69 Å². The Bertz CT molecular complexity index is 819. The van der Waals surface area contributed by atoms with Crippen molar-refractivity contribution in [3.8, 4) is 11.5 Å². The molecule has 0 saturated heterocycles. The molecule has 0 aliphatic carbocycles. The Morgan fingerprint density at radius 1 is 0.714 bits per heavy atom. The van der Waals surface area contributed by atoms with Crippen LogP contribution < -0.4 is 14.8 Å². The van der Waals surface area contributed by atoms with Crippen LogP contribution >= 0.6 is 0 Å². The first-order valence-corrected chi connectivity index (χ1v) is 9.63. The lowest BCUT2D eigenvalue weighted by Gasteiger charge is -2.11. The van der Waals surface area contributed by atoms with Gasteiger partial charge in [-0.05, 0) is 54.4 Å². The molecule has 4 nitrogen and oxygen atoms in total. The smallest absolute Gasteiger partial charge is 0.119 e. The summed E-state index contributed by atoms with van der Waals surface area (Å²) >= 11 is 0. The molecule has 0 bridgehead atoms. The number of rotatable bonds is 11. The Morgan fingerprint density at radius 2 is 1.50 bits per heavy atom. The molecule has 3 aromatic rings. The molecule has 0 aliphatic heterocycles. The molecule has 28 heavy (non-hydrogen) atoms. The number of hydrogen-bond donors (Lipinski definition) is 1. The van der Waals surface area contributed by atoms with Crippen molar-refractivity contribution in [1.82, 2.24) is 0 Å². The average Bonchev–Trinajstić information content (AvgIpc) is 2.76. The van der Waals surface area contributed by atoms with Crippen LogP contribution in [-0.4, -0.2) is 19.8 Å². The maximum absolute atomic E-state index is 5.83. The topological polar surface area (TPSA) is 39.7 Å². The van der Waals surface area contributed by atoms with E-state index in [-0.39, 0.29) is 0 Å². The van der Waals surface area contributed by atoms with Crippen molar-refractivity contribution in [2.75, 3.05) is 25.1 Å². The van der Waals surface area contributed by atoms with Gasteiger partial charge in [0.15, 0.2) is 0 Å². The third-order valence-electron chi connectivity index (χ3n) is 4.20. The van der Waals surface area contributed by atoms with Crippen LogP contribution in [0.3, 0.4) is 0 Å². The normalized spacial score (nSPS) is 10.5. The summed E-state index contributed by atoms with van der Waals surface area (Å²) in [4.78, 5) is 0. The van der Waals surface area contributed by atoms with Crippen molar-refractivity contribution in [3.63, 3.8) is 0 Å². The molecule has 0 radical (unpaired) electrons. The molecule has 0 unspecified atom stereocenters. The SMILES string of the molecule is CCOCCOc1cccc(CNc2ccc(OCc3ccccc3)cc2)c1. The van der Waals surface area contributed by atoms with Crippen molar-refractivity contribution in [2.24, 2.45) is 0 Å². The zero-order valence-corrected chi connectivity index (χ0v) is 16.3.